The van der Waals surface area contributed by atoms with Crippen LogP contribution in [-0.4, -0.2) is 19.2 Å². The van der Waals surface area contributed by atoms with Gasteiger partial charge in [-0.05, 0) is 79.6 Å². The molecule has 2 aromatic carbocycles. The third-order valence-corrected chi connectivity index (χ3v) is 7.85. The molecule has 2 aromatic rings. The molecule has 1 aliphatic rings. The molecule has 1 saturated carbocycles. The van der Waals surface area contributed by atoms with Gasteiger partial charge >= 0.3 is 5.97 Å². The van der Waals surface area contributed by atoms with Gasteiger partial charge in [0, 0.05) is 0 Å². The van der Waals surface area contributed by atoms with Gasteiger partial charge in [0.15, 0.2) is 0 Å². The Labute approximate surface area is 231 Å². The highest BCUT2D eigenvalue weighted by Crippen LogP contribution is 2.34. The van der Waals surface area contributed by atoms with E-state index in [0.29, 0.717) is 17.9 Å². The highest BCUT2D eigenvalue weighted by molar-refractivity contribution is 5.91. The summed E-state index contributed by atoms with van der Waals surface area (Å²) in [5.74, 6) is 3.59. The summed E-state index contributed by atoms with van der Waals surface area (Å²) in [7, 11) is 0. The van der Waals surface area contributed by atoms with Crippen molar-refractivity contribution in [1.29, 1.82) is 0 Å². The lowest BCUT2D eigenvalue weighted by Gasteiger charge is -2.28. The molecule has 0 N–H and O–H groups in total. The van der Waals surface area contributed by atoms with Crippen LogP contribution in [0.25, 0.3) is 0 Å². The van der Waals surface area contributed by atoms with E-state index in [9.17, 15) is 4.79 Å². The Morgan fingerprint density at radius 1 is 0.605 bits per heavy atom. The predicted octanol–water partition coefficient (Wildman–Crippen LogP) is 9.80. The Morgan fingerprint density at radius 3 is 1.68 bits per heavy atom. The van der Waals surface area contributed by atoms with Gasteiger partial charge in [-0.3, -0.25) is 0 Å². The highest BCUT2D eigenvalue weighted by Gasteiger charge is 2.20. The molecule has 0 unspecified atom stereocenters. The van der Waals surface area contributed by atoms with Crippen molar-refractivity contribution in [3.63, 3.8) is 0 Å². The monoisotopic (exact) mass is 522 g/mol. The minimum absolute atomic E-state index is 0.373. The van der Waals surface area contributed by atoms with Gasteiger partial charge in [0.25, 0.3) is 0 Å². The summed E-state index contributed by atoms with van der Waals surface area (Å²) >= 11 is 0. The van der Waals surface area contributed by atoms with Crippen molar-refractivity contribution < 1.29 is 19.0 Å². The Bertz CT molecular complexity index is 882. The fraction of sp³-hybridized carbons (Fsp3) is 0.618. The van der Waals surface area contributed by atoms with Crippen LogP contribution in [0.2, 0.25) is 0 Å². The van der Waals surface area contributed by atoms with E-state index in [1.807, 2.05) is 24.3 Å². The molecule has 3 rings (SSSR count). The summed E-state index contributed by atoms with van der Waals surface area (Å²) in [6.07, 6.45) is 19.8. The van der Waals surface area contributed by atoms with Gasteiger partial charge < -0.3 is 14.2 Å². The Balaban J connectivity index is 1.27. The first-order chi connectivity index (χ1) is 18.7. The number of carbonyl (C=O) groups excluding carboxylic acids is 1. The van der Waals surface area contributed by atoms with E-state index >= 15 is 0 Å². The zero-order valence-corrected chi connectivity index (χ0v) is 23.9. The van der Waals surface area contributed by atoms with Crippen molar-refractivity contribution in [3.05, 3.63) is 54.1 Å². The van der Waals surface area contributed by atoms with Crippen molar-refractivity contribution in [2.75, 3.05) is 13.2 Å². The summed E-state index contributed by atoms with van der Waals surface area (Å²) in [5, 5.41) is 0. The SMILES string of the molecule is CCCCCCC[C@H]1CC[C@H](CCCOc2ccc(OC(=O)c3ccc(OCCCCC)cc3)cc2)CC1. The van der Waals surface area contributed by atoms with Gasteiger partial charge in [0.2, 0.25) is 0 Å². The van der Waals surface area contributed by atoms with Crippen LogP contribution in [-0.2, 0) is 0 Å². The topological polar surface area (TPSA) is 44.8 Å². The minimum Gasteiger partial charge on any atom is -0.494 e. The number of benzene rings is 2. The Hall–Kier alpha value is -2.49. The van der Waals surface area contributed by atoms with Crippen LogP contribution in [0.3, 0.4) is 0 Å². The van der Waals surface area contributed by atoms with Gasteiger partial charge in [-0.1, -0.05) is 90.9 Å². The minimum atomic E-state index is -0.373. The molecule has 1 fully saturated rings. The highest BCUT2D eigenvalue weighted by atomic mass is 16.5. The lowest BCUT2D eigenvalue weighted by molar-refractivity contribution is 0.0734. The smallest absolute Gasteiger partial charge is 0.343 e. The molecule has 0 amide bonds. The zero-order chi connectivity index (χ0) is 26.8. The van der Waals surface area contributed by atoms with E-state index in [4.69, 9.17) is 14.2 Å². The molecule has 0 aliphatic heterocycles. The molecule has 0 saturated heterocycles. The second-order valence-corrected chi connectivity index (χ2v) is 11.0. The molecule has 1 aliphatic carbocycles. The maximum Gasteiger partial charge on any atom is 0.343 e. The molecule has 0 radical (unpaired) electrons. The maximum atomic E-state index is 12.5. The van der Waals surface area contributed by atoms with Gasteiger partial charge in [-0.2, -0.15) is 0 Å². The Morgan fingerprint density at radius 2 is 1.08 bits per heavy atom. The maximum absolute atomic E-state index is 12.5. The summed E-state index contributed by atoms with van der Waals surface area (Å²) in [5.41, 5.74) is 0.507. The van der Waals surface area contributed by atoms with Gasteiger partial charge in [0.05, 0.1) is 18.8 Å². The third-order valence-electron chi connectivity index (χ3n) is 7.85. The van der Waals surface area contributed by atoms with E-state index in [1.54, 1.807) is 24.3 Å². The van der Waals surface area contributed by atoms with Crippen molar-refractivity contribution >= 4 is 5.97 Å². The quantitative estimate of drug-likeness (QED) is 0.111. The van der Waals surface area contributed by atoms with Crippen LogP contribution >= 0.6 is 0 Å². The number of rotatable bonds is 18. The number of ether oxygens (including phenoxy) is 3. The largest absolute Gasteiger partial charge is 0.494 e. The zero-order valence-electron chi connectivity index (χ0n) is 23.9. The van der Waals surface area contributed by atoms with E-state index in [2.05, 4.69) is 13.8 Å². The fourth-order valence-corrected chi connectivity index (χ4v) is 5.41. The first-order valence-electron chi connectivity index (χ1n) is 15.4. The summed E-state index contributed by atoms with van der Waals surface area (Å²) in [4.78, 5) is 12.5. The Kier molecular flexibility index (Phi) is 14.2. The molecule has 210 valence electrons. The average Bonchev–Trinajstić information content (AvgIpc) is 2.95. The summed E-state index contributed by atoms with van der Waals surface area (Å²) in [6.45, 7) is 5.90. The first-order valence-corrected chi connectivity index (χ1v) is 15.4. The summed E-state index contributed by atoms with van der Waals surface area (Å²) < 4.78 is 17.2. The fourth-order valence-electron chi connectivity index (χ4n) is 5.41. The normalized spacial score (nSPS) is 17.2. The first kappa shape index (κ1) is 30.1. The second-order valence-electron chi connectivity index (χ2n) is 11.0. The van der Waals surface area contributed by atoms with Crippen LogP contribution in [0.1, 0.15) is 121 Å². The molecular formula is C34H50O4. The molecule has 0 atom stereocenters. The van der Waals surface area contributed by atoms with Crippen LogP contribution < -0.4 is 14.2 Å². The van der Waals surface area contributed by atoms with Crippen molar-refractivity contribution in [2.24, 2.45) is 11.8 Å². The molecule has 0 heterocycles. The van der Waals surface area contributed by atoms with Crippen molar-refractivity contribution in [3.8, 4) is 17.2 Å². The lowest BCUT2D eigenvalue weighted by Crippen LogP contribution is -2.15. The van der Waals surface area contributed by atoms with Crippen LogP contribution in [0.15, 0.2) is 48.5 Å². The van der Waals surface area contributed by atoms with Crippen molar-refractivity contribution in [2.45, 2.75) is 110 Å². The van der Waals surface area contributed by atoms with E-state index in [0.717, 1.165) is 49.2 Å². The third kappa shape index (κ3) is 11.5. The van der Waals surface area contributed by atoms with E-state index < -0.39 is 0 Å². The molecular weight excluding hydrogens is 472 g/mol. The number of unbranched alkanes of at least 4 members (excludes halogenated alkanes) is 6. The molecule has 0 bridgehead atoms. The van der Waals surface area contributed by atoms with Crippen molar-refractivity contribution in [1.82, 2.24) is 0 Å². The van der Waals surface area contributed by atoms with Crippen LogP contribution in [0.4, 0.5) is 0 Å². The number of hydrogen-bond acceptors (Lipinski definition) is 4. The van der Waals surface area contributed by atoms with Crippen LogP contribution in [0.5, 0.6) is 17.2 Å². The van der Waals surface area contributed by atoms with Gasteiger partial charge in [-0.25, -0.2) is 4.79 Å². The van der Waals surface area contributed by atoms with Gasteiger partial charge in [-0.15, -0.1) is 0 Å². The molecule has 0 aromatic heterocycles. The molecule has 4 nitrogen and oxygen atoms in total. The second kappa shape index (κ2) is 17.9. The predicted molar refractivity (Wildman–Crippen MR) is 156 cm³/mol. The van der Waals surface area contributed by atoms with E-state index in [-0.39, 0.29) is 5.97 Å². The molecule has 0 spiro atoms. The lowest BCUT2D eigenvalue weighted by atomic mass is 9.78. The number of esters is 1. The summed E-state index contributed by atoms with van der Waals surface area (Å²) in [6, 6.07) is 14.5. The number of hydrogen-bond donors (Lipinski definition) is 0. The standard InChI is InChI=1S/C34H50O4/c1-3-5-7-8-9-12-28-14-16-29(17-15-28)13-11-27-37-32-22-24-33(25-23-32)38-34(35)30-18-20-31(21-19-30)36-26-10-6-4-2/h18-25,28-29H,3-17,26-27H2,1-2H3/t28-,29-. The number of carbonyl (C=O) groups is 1. The van der Waals surface area contributed by atoms with Crippen LogP contribution in [0, 0.1) is 11.8 Å². The molecule has 38 heavy (non-hydrogen) atoms. The average molecular weight is 523 g/mol. The van der Waals surface area contributed by atoms with Gasteiger partial charge in [0.1, 0.15) is 17.2 Å². The van der Waals surface area contributed by atoms with E-state index in [1.165, 1.54) is 77.0 Å². The molecule has 4 heteroatoms.